The first kappa shape index (κ1) is 17.3. The fraction of sp³-hybridized carbons (Fsp3) is 0.588. The molecule has 0 aromatic carbocycles. The van der Waals surface area contributed by atoms with Crippen molar-refractivity contribution in [3.05, 3.63) is 24.3 Å². The van der Waals surface area contributed by atoms with E-state index >= 15 is 0 Å². The number of carbonyl (C=O) groups excluding carboxylic acids is 1. The lowest BCUT2D eigenvalue weighted by molar-refractivity contribution is -0.128. The summed E-state index contributed by atoms with van der Waals surface area (Å²) in [6, 6.07) is 1.81. The predicted molar refractivity (Wildman–Crippen MR) is 99.2 cm³/mol. The minimum Gasteiger partial charge on any atom is -0.338 e. The first-order chi connectivity index (χ1) is 12.8. The third kappa shape index (κ3) is 3.67. The van der Waals surface area contributed by atoms with Gasteiger partial charge in [0.2, 0.25) is 11.9 Å². The Morgan fingerprint density at radius 2 is 1.88 bits per heavy atom. The number of rotatable bonds is 6. The van der Waals surface area contributed by atoms with Crippen molar-refractivity contribution in [1.29, 1.82) is 0 Å². The van der Waals surface area contributed by atoms with E-state index in [0.717, 1.165) is 36.6 Å². The number of carbonyl (C=O) groups is 1. The molecule has 1 amide bonds. The normalized spacial score (nSPS) is 17.6. The van der Waals surface area contributed by atoms with E-state index in [1.807, 2.05) is 11.0 Å². The molecule has 1 aliphatic heterocycles. The molecule has 0 atom stereocenters. The summed E-state index contributed by atoms with van der Waals surface area (Å²) in [4.78, 5) is 25.2. The number of piperazine rings is 1. The molecule has 0 unspecified atom stereocenters. The quantitative estimate of drug-likeness (QED) is 0.708. The fourth-order valence-electron chi connectivity index (χ4n) is 3.18. The molecule has 138 valence electrons. The van der Waals surface area contributed by atoms with Gasteiger partial charge in [-0.1, -0.05) is 11.8 Å². The van der Waals surface area contributed by atoms with Gasteiger partial charge in [-0.3, -0.25) is 4.79 Å². The molecule has 1 saturated heterocycles. The van der Waals surface area contributed by atoms with E-state index in [2.05, 4.69) is 36.6 Å². The molecule has 0 spiro atoms. The molecule has 2 aromatic heterocycles. The molecule has 0 radical (unpaired) electrons. The molecule has 2 aromatic rings. The Hall–Kier alpha value is -2.16. The highest BCUT2D eigenvalue weighted by Crippen LogP contribution is 2.39. The van der Waals surface area contributed by atoms with Crippen molar-refractivity contribution in [3.8, 4) is 0 Å². The molecule has 1 aliphatic carbocycles. The van der Waals surface area contributed by atoms with Crippen LogP contribution in [-0.2, 0) is 11.3 Å². The molecule has 9 heteroatoms. The largest absolute Gasteiger partial charge is 0.338 e. The van der Waals surface area contributed by atoms with E-state index in [-0.39, 0.29) is 5.91 Å². The highest BCUT2D eigenvalue weighted by Gasteiger charge is 2.30. The smallest absolute Gasteiger partial charge is 0.233 e. The molecule has 4 rings (SSSR count). The van der Waals surface area contributed by atoms with Crippen LogP contribution in [0, 0.1) is 0 Å². The number of hydrogen-bond donors (Lipinski definition) is 0. The summed E-state index contributed by atoms with van der Waals surface area (Å²) in [5.74, 6) is 2.95. The second-order valence-corrected chi connectivity index (χ2v) is 7.51. The maximum atomic E-state index is 12.6. The van der Waals surface area contributed by atoms with Crippen molar-refractivity contribution in [1.82, 2.24) is 29.6 Å². The first-order valence-electron chi connectivity index (χ1n) is 9.12. The summed E-state index contributed by atoms with van der Waals surface area (Å²) in [6.45, 7) is 5.88. The molecular formula is C17H23N7OS. The van der Waals surface area contributed by atoms with Crippen molar-refractivity contribution < 1.29 is 4.79 Å². The van der Waals surface area contributed by atoms with Gasteiger partial charge in [-0.2, -0.15) is 0 Å². The summed E-state index contributed by atoms with van der Waals surface area (Å²) in [7, 11) is 0. The lowest BCUT2D eigenvalue weighted by Crippen LogP contribution is -2.49. The maximum Gasteiger partial charge on any atom is 0.233 e. The molecule has 26 heavy (non-hydrogen) atoms. The van der Waals surface area contributed by atoms with Crippen LogP contribution in [0.3, 0.4) is 0 Å². The lowest BCUT2D eigenvalue weighted by atomic mass is 10.3. The van der Waals surface area contributed by atoms with Gasteiger partial charge in [0.1, 0.15) is 5.82 Å². The predicted octanol–water partition coefficient (Wildman–Crippen LogP) is 1.41. The minimum atomic E-state index is 0.155. The first-order valence-corrected chi connectivity index (χ1v) is 10.1. The Morgan fingerprint density at radius 3 is 2.54 bits per heavy atom. The zero-order valence-corrected chi connectivity index (χ0v) is 15.7. The molecule has 2 fully saturated rings. The van der Waals surface area contributed by atoms with E-state index in [9.17, 15) is 4.79 Å². The van der Waals surface area contributed by atoms with Crippen LogP contribution < -0.4 is 4.90 Å². The zero-order valence-electron chi connectivity index (χ0n) is 14.9. The Morgan fingerprint density at radius 1 is 1.15 bits per heavy atom. The monoisotopic (exact) mass is 373 g/mol. The molecular weight excluding hydrogens is 350 g/mol. The van der Waals surface area contributed by atoms with Gasteiger partial charge >= 0.3 is 0 Å². The molecule has 0 N–H and O–H groups in total. The van der Waals surface area contributed by atoms with Crippen molar-refractivity contribution in [3.63, 3.8) is 0 Å². The van der Waals surface area contributed by atoms with Crippen LogP contribution in [0.2, 0.25) is 0 Å². The summed E-state index contributed by atoms with van der Waals surface area (Å²) in [5.41, 5.74) is 0. The number of amides is 1. The van der Waals surface area contributed by atoms with Gasteiger partial charge in [-0.05, 0) is 25.8 Å². The van der Waals surface area contributed by atoms with Crippen LogP contribution >= 0.6 is 11.8 Å². The highest BCUT2D eigenvalue weighted by molar-refractivity contribution is 7.99. The van der Waals surface area contributed by atoms with Crippen LogP contribution in [0.25, 0.3) is 0 Å². The van der Waals surface area contributed by atoms with E-state index < -0.39 is 0 Å². The van der Waals surface area contributed by atoms with Gasteiger partial charge in [-0.15, -0.1) is 10.2 Å². The average molecular weight is 373 g/mol. The summed E-state index contributed by atoms with van der Waals surface area (Å²) in [6.07, 6.45) is 5.90. The summed E-state index contributed by atoms with van der Waals surface area (Å²) < 4.78 is 2.15. The highest BCUT2D eigenvalue weighted by atomic mass is 32.2. The second kappa shape index (κ2) is 7.61. The number of aromatic nitrogens is 5. The topological polar surface area (TPSA) is 80.0 Å². The molecule has 8 nitrogen and oxygen atoms in total. The second-order valence-electron chi connectivity index (χ2n) is 6.56. The zero-order chi connectivity index (χ0) is 17.9. The van der Waals surface area contributed by atoms with Crippen LogP contribution in [0.15, 0.2) is 23.6 Å². The maximum absolute atomic E-state index is 12.6. The van der Waals surface area contributed by atoms with Gasteiger partial charge in [0.05, 0.1) is 5.75 Å². The molecule has 0 bridgehead atoms. The fourth-order valence-corrected chi connectivity index (χ4v) is 4.09. The number of thioether (sulfide) groups is 1. The SMILES string of the molecule is CCn1c(SCC(=O)N2CCN(c3ncccn3)CC2)nnc1C1CC1. The van der Waals surface area contributed by atoms with Gasteiger partial charge in [0.15, 0.2) is 5.16 Å². The Bertz CT molecular complexity index is 754. The molecule has 3 heterocycles. The minimum absolute atomic E-state index is 0.155. The van der Waals surface area contributed by atoms with Gasteiger partial charge < -0.3 is 14.4 Å². The van der Waals surface area contributed by atoms with Crippen LogP contribution in [0.5, 0.6) is 0 Å². The number of anilines is 1. The van der Waals surface area contributed by atoms with Crippen LogP contribution in [0.4, 0.5) is 5.95 Å². The average Bonchev–Trinajstić information content (AvgIpc) is 3.46. The Labute approximate surface area is 157 Å². The summed E-state index contributed by atoms with van der Waals surface area (Å²) >= 11 is 1.50. The van der Waals surface area contributed by atoms with Gasteiger partial charge in [0.25, 0.3) is 0 Å². The van der Waals surface area contributed by atoms with E-state index in [4.69, 9.17) is 0 Å². The van der Waals surface area contributed by atoms with Crippen molar-refractivity contribution in [2.24, 2.45) is 0 Å². The van der Waals surface area contributed by atoms with Crippen LogP contribution in [-0.4, -0.2) is 67.5 Å². The third-order valence-electron chi connectivity index (χ3n) is 4.80. The third-order valence-corrected chi connectivity index (χ3v) is 5.75. The van der Waals surface area contributed by atoms with E-state index in [1.165, 1.54) is 24.6 Å². The van der Waals surface area contributed by atoms with Crippen LogP contribution in [0.1, 0.15) is 31.5 Å². The van der Waals surface area contributed by atoms with Crippen molar-refractivity contribution in [2.45, 2.75) is 37.4 Å². The van der Waals surface area contributed by atoms with Crippen molar-refractivity contribution in [2.75, 3.05) is 36.8 Å². The van der Waals surface area contributed by atoms with E-state index in [0.29, 0.717) is 24.8 Å². The van der Waals surface area contributed by atoms with Gasteiger partial charge in [0, 0.05) is 51.0 Å². The molecule has 1 saturated carbocycles. The number of nitrogens with zero attached hydrogens (tertiary/aromatic N) is 7. The Balaban J connectivity index is 1.29. The van der Waals surface area contributed by atoms with Gasteiger partial charge in [-0.25, -0.2) is 9.97 Å². The molecule has 2 aliphatic rings. The number of hydrogen-bond acceptors (Lipinski definition) is 7. The Kier molecular flexibility index (Phi) is 5.05. The summed E-state index contributed by atoms with van der Waals surface area (Å²) in [5, 5.41) is 9.49. The lowest BCUT2D eigenvalue weighted by Gasteiger charge is -2.34. The standard InChI is InChI=1S/C17H23N7OS/c1-2-24-15(13-4-5-13)20-21-17(24)26-12-14(25)22-8-10-23(11-9-22)16-18-6-3-7-19-16/h3,6-7,13H,2,4-5,8-12H2,1H3. The van der Waals surface area contributed by atoms with Crippen molar-refractivity contribution >= 4 is 23.6 Å². The van der Waals surface area contributed by atoms with E-state index in [1.54, 1.807) is 12.4 Å².